The van der Waals surface area contributed by atoms with Gasteiger partial charge in [-0.1, -0.05) is 28.8 Å². The van der Waals surface area contributed by atoms with Crippen LogP contribution < -0.4 is 0 Å². The largest absolute Gasteiger partial charge is 0.390 e. The molecule has 0 saturated heterocycles. The quantitative estimate of drug-likeness (QED) is 0.547. The second kappa shape index (κ2) is 5.12. The highest BCUT2D eigenvalue weighted by Crippen LogP contribution is 2.32. The Morgan fingerprint density at radius 1 is 1.55 bits per heavy atom. The third kappa shape index (κ3) is 4.77. The number of hydrogen-bond donors (Lipinski definition) is 1. The Bertz CT molecular complexity index is 104. The molecule has 3 heteroatoms. The molecule has 0 aliphatic heterocycles. The smallest absolute Gasteiger partial charge is 0.0870 e. The third-order valence-electron chi connectivity index (χ3n) is 1.86. The lowest BCUT2D eigenvalue weighted by molar-refractivity contribution is 0.0465. The molecular formula is C8H15BrO2. The normalized spacial score (nSPS) is 20.2. The summed E-state index contributed by atoms with van der Waals surface area (Å²) >= 11 is 3.18. The Labute approximate surface area is 76.1 Å². The molecular weight excluding hydrogens is 208 g/mol. The number of hydrogen-bond acceptors (Lipinski definition) is 2. The molecule has 1 fully saturated rings. The predicted molar refractivity (Wildman–Crippen MR) is 48.0 cm³/mol. The first-order chi connectivity index (χ1) is 5.33. The lowest BCUT2D eigenvalue weighted by atomic mass is 10.3. The summed E-state index contributed by atoms with van der Waals surface area (Å²) in [6.45, 7) is 1.28. The van der Waals surface area contributed by atoms with Crippen LogP contribution in [0.15, 0.2) is 0 Å². The van der Waals surface area contributed by atoms with E-state index in [0.29, 0.717) is 11.9 Å². The van der Waals surface area contributed by atoms with Gasteiger partial charge in [-0.15, -0.1) is 0 Å². The first kappa shape index (κ1) is 9.49. The number of halogens is 1. The van der Waals surface area contributed by atoms with Crippen LogP contribution in [0.25, 0.3) is 0 Å². The molecule has 1 aliphatic carbocycles. The van der Waals surface area contributed by atoms with E-state index in [1.54, 1.807) is 0 Å². The van der Waals surface area contributed by atoms with Crippen LogP contribution in [0.3, 0.4) is 0 Å². The molecule has 0 radical (unpaired) electrons. The van der Waals surface area contributed by atoms with Gasteiger partial charge in [0.2, 0.25) is 0 Å². The summed E-state index contributed by atoms with van der Waals surface area (Å²) in [4.78, 5) is 0. The van der Waals surface area contributed by atoms with E-state index in [1.165, 1.54) is 19.3 Å². The maximum Gasteiger partial charge on any atom is 0.0870 e. The van der Waals surface area contributed by atoms with Gasteiger partial charge in [0.1, 0.15) is 0 Å². The predicted octanol–water partition coefficient (Wildman–Crippen LogP) is 1.56. The van der Waals surface area contributed by atoms with E-state index < -0.39 is 0 Å². The molecule has 1 aliphatic rings. The molecule has 0 aromatic heterocycles. The highest BCUT2D eigenvalue weighted by Gasteiger charge is 2.20. The number of alkyl halides is 1. The van der Waals surface area contributed by atoms with Gasteiger partial charge in [-0.3, -0.25) is 0 Å². The van der Waals surface area contributed by atoms with Crippen molar-refractivity contribution in [2.24, 2.45) is 5.92 Å². The number of ether oxygens (including phenoxy) is 1. The average Bonchev–Trinajstić information content (AvgIpc) is 2.81. The Morgan fingerprint density at radius 3 is 2.82 bits per heavy atom. The fraction of sp³-hybridized carbons (Fsp3) is 1.00. The van der Waals surface area contributed by atoms with Crippen molar-refractivity contribution >= 4 is 15.9 Å². The SMILES string of the molecule is OC(CBr)COCCC1CC1. The zero-order chi connectivity index (χ0) is 8.10. The summed E-state index contributed by atoms with van der Waals surface area (Å²) in [5.74, 6) is 0.927. The minimum absolute atomic E-state index is 0.339. The molecule has 1 unspecified atom stereocenters. The van der Waals surface area contributed by atoms with E-state index in [1.807, 2.05) is 0 Å². The first-order valence-corrected chi connectivity index (χ1v) is 5.27. The van der Waals surface area contributed by atoms with Crippen LogP contribution in [0.5, 0.6) is 0 Å². The van der Waals surface area contributed by atoms with E-state index >= 15 is 0 Å². The van der Waals surface area contributed by atoms with Crippen molar-refractivity contribution in [3.8, 4) is 0 Å². The van der Waals surface area contributed by atoms with Crippen LogP contribution in [-0.2, 0) is 4.74 Å². The molecule has 1 saturated carbocycles. The summed E-state index contributed by atoms with van der Waals surface area (Å²) in [5.41, 5.74) is 0. The van der Waals surface area contributed by atoms with Crippen LogP contribution in [0.4, 0.5) is 0 Å². The molecule has 0 heterocycles. The van der Waals surface area contributed by atoms with Crippen molar-refractivity contribution in [1.29, 1.82) is 0 Å². The van der Waals surface area contributed by atoms with Crippen molar-refractivity contribution in [2.45, 2.75) is 25.4 Å². The average molecular weight is 223 g/mol. The second-order valence-electron chi connectivity index (χ2n) is 3.12. The van der Waals surface area contributed by atoms with Gasteiger partial charge >= 0.3 is 0 Å². The number of rotatable bonds is 6. The van der Waals surface area contributed by atoms with Gasteiger partial charge in [-0.05, 0) is 12.3 Å². The summed E-state index contributed by atoms with van der Waals surface area (Å²) in [6, 6.07) is 0. The molecule has 0 aromatic rings. The van der Waals surface area contributed by atoms with E-state index in [-0.39, 0.29) is 6.10 Å². The van der Waals surface area contributed by atoms with Gasteiger partial charge in [0.25, 0.3) is 0 Å². The van der Waals surface area contributed by atoms with E-state index in [4.69, 9.17) is 9.84 Å². The summed E-state index contributed by atoms with van der Waals surface area (Å²) in [5, 5.41) is 9.67. The van der Waals surface area contributed by atoms with Gasteiger partial charge in [-0.2, -0.15) is 0 Å². The van der Waals surface area contributed by atoms with Crippen LogP contribution in [0.2, 0.25) is 0 Å². The maximum atomic E-state index is 9.07. The van der Waals surface area contributed by atoms with Crippen molar-refractivity contribution in [3.63, 3.8) is 0 Å². The highest BCUT2D eigenvalue weighted by molar-refractivity contribution is 9.09. The van der Waals surface area contributed by atoms with Crippen LogP contribution in [0.1, 0.15) is 19.3 Å². The first-order valence-electron chi connectivity index (χ1n) is 4.14. The molecule has 1 N–H and O–H groups in total. The van der Waals surface area contributed by atoms with Crippen LogP contribution in [-0.4, -0.2) is 29.8 Å². The standard InChI is InChI=1S/C8H15BrO2/c9-5-8(10)6-11-4-3-7-1-2-7/h7-8,10H,1-6H2. The third-order valence-corrected chi connectivity index (χ3v) is 2.60. The Morgan fingerprint density at radius 2 is 2.27 bits per heavy atom. The summed E-state index contributed by atoms with van der Waals surface area (Å²) in [7, 11) is 0. The van der Waals surface area contributed by atoms with Gasteiger partial charge < -0.3 is 9.84 Å². The van der Waals surface area contributed by atoms with Gasteiger partial charge in [-0.25, -0.2) is 0 Å². The minimum atomic E-state index is -0.339. The Hall–Kier alpha value is 0.400. The molecule has 66 valence electrons. The molecule has 0 aromatic carbocycles. The molecule has 2 nitrogen and oxygen atoms in total. The van der Waals surface area contributed by atoms with Crippen LogP contribution >= 0.6 is 15.9 Å². The van der Waals surface area contributed by atoms with Crippen molar-refractivity contribution in [3.05, 3.63) is 0 Å². The molecule has 11 heavy (non-hydrogen) atoms. The summed E-state index contributed by atoms with van der Waals surface area (Å²) < 4.78 is 5.26. The minimum Gasteiger partial charge on any atom is -0.390 e. The van der Waals surface area contributed by atoms with Gasteiger partial charge in [0, 0.05) is 11.9 Å². The fourth-order valence-corrected chi connectivity index (χ4v) is 1.11. The Balaban J connectivity index is 1.79. The number of aliphatic hydroxyl groups is 1. The van der Waals surface area contributed by atoms with Crippen LogP contribution in [0, 0.1) is 5.92 Å². The lowest BCUT2D eigenvalue weighted by Crippen LogP contribution is -2.16. The molecule has 1 rings (SSSR count). The zero-order valence-electron chi connectivity index (χ0n) is 6.63. The van der Waals surface area contributed by atoms with E-state index in [2.05, 4.69) is 15.9 Å². The molecule has 1 atom stereocenters. The fourth-order valence-electron chi connectivity index (χ4n) is 0.920. The molecule has 0 amide bonds. The van der Waals surface area contributed by atoms with Gasteiger partial charge in [0.05, 0.1) is 12.7 Å². The lowest BCUT2D eigenvalue weighted by Gasteiger charge is -2.06. The van der Waals surface area contributed by atoms with Crippen molar-refractivity contribution in [2.75, 3.05) is 18.5 Å². The molecule has 0 spiro atoms. The maximum absolute atomic E-state index is 9.07. The van der Waals surface area contributed by atoms with E-state index in [9.17, 15) is 0 Å². The summed E-state index contributed by atoms with van der Waals surface area (Å²) in [6.07, 6.45) is 3.60. The Kier molecular flexibility index (Phi) is 4.41. The highest BCUT2D eigenvalue weighted by atomic mass is 79.9. The monoisotopic (exact) mass is 222 g/mol. The zero-order valence-corrected chi connectivity index (χ0v) is 8.22. The van der Waals surface area contributed by atoms with Crippen molar-refractivity contribution in [1.82, 2.24) is 0 Å². The van der Waals surface area contributed by atoms with E-state index in [0.717, 1.165) is 12.5 Å². The van der Waals surface area contributed by atoms with Gasteiger partial charge in [0.15, 0.2) is 0 Å². The topological polar surface area (TPSA) is 29.5 Å². The molecule has 0 bridgehead atoms. The second-order valence-corrected chi connectivity index (χ2v) is 3.76. The number of aliphatic hydroxyl groups excluding tert-OH is 1. The van der Waals surface area contributed by atoms with Crippen molar-refractivity contribution < 1.29 is 9.84 Å².